The average molecular weight is 162 g/mol. The Labute approximate surface area is 75.6 Å². The van der Waals surface area contributed by atoms with Gasteiger partial charge < -0.3 is 0 Å². The van der Waals surface area contributed by atoms with Crippen molar-refractivity contribution in [1.82, 2.24) is 0 Å². The molecule has 0 saturated carbocycles. The Hall–Kier alpha value is -0.780. The van der Waals surface area contributed by atoms with Gasteiger partial charge in [0.15, 0.2) is 0 Å². The monoisotopic (exact) mass is 162 g/mol. The second-order valence-electron chi connectivity index (χ2n) is 3.40. The van der Waals surface area contributed by atoms with Gasteiger partial charge in [-0.25, -0.2) is 0 Å². The molecular formula is C12H18. The number of hydrogen-bond acceptors (Lipinski definition) is 0. The maximum atomic E-state index is 2.28. The van der Waals surface area contributed by atoms with Gasteiger partial charge in [0.05, 0.1) is 0 Å². The second-order valence-corrected chi connectivity index (χ2v) is 3.40. The van der Waals surface area contributed by atoms with Gasteiger partial charge in [-0.1, -0.05) is 45.0 Å². The molecule has 12 heavy (non-hydrogen) atoms. The van der Waals surface area contributed by atoms with Gasteiger partial charge in [-0.05, 0) is 29.9 Å². The van der Waals surface area contributed by atoms with Gasteiger partial charge in [0, 0.05) is 0 Å². The van der Waals surface area contributed by atoms with Gasteiger partial charge in [0.2, 0.25) is 0 Å². The van der Waals surface area contributed by atoms with E-state index in [-0.39, 0.29) is 0 Å². The van der Waals surface area contributed by atoms with E-state index in [9.17, 15) is 0 Å². The van der Waals surface area contributed by atoms with Crippen LogP contribution in [-0.2, 0) is 6.42 Å². The summed E-state index contributed by atoms with van der Waals surface area (Å²) in [6, 6.07) is 8.99. The normalized spacial score (nSPS) is 12.9. The Morgan fingerprint density at radius 1 is 1.08 bits per heavy atom. The molecule has 0 aliphatic carbocycles. The lowest BCUT2D eigenvalue weighted by molar-refractivity contribution is 0.733. The molecule has 0 saturated heterocycles. The van der Waals surface area contributed by atoms with Gasteiger partial charge in [-0.3, -0.25) is 0 Å². The van der Waals surface area contributed by atoms with Crippen LogP contribution >= 0.6 is 0 Å². The predicted molar refractivity (Wildman–Crippen MR) is 54.5 cm³/mol. The average Bonchev–Trinajstić information content (AvgIpc) is 2.17. The Morgan fingerprint density at radius 3 is 2.08 bits per heavy atom. The third-order valence-electron chi connectivity index (χ3n) is 2.57. The standard InChI is InChI=1S/C12H18/c1-4-10(3)12-8-6-11(5-2)7-9-12/h6-10H,4-5H2,1-3H3/t10-/m0/s1. The molecule has 0 bridgehead atoms. The fraction of sp³-hybridized carbons (Fsp3) is 0.500. The lowest BCUT2D eigenvalue weighted by Gasteiger charge is -2.08. The molecule has 0 N–H and O–H groups in total. The number of hydrogen-bond donors (Lipinski definition) is 0. The van der Waals surface area contributed by atoms with Crippen molar-refractivity contribution in [3.8, 4) is 0 Å². The van der Waals surface area contributed by atoms with E-state index >= 15 is 0 Å². The molecule has 0 aliphatic heterocycles. The molecule has 0 heteroatoms. The summed E-state index contributed by atoms with van der Waals surface area (Å²) in [4.78, 5) is 0. The molecule has 0 fully saturated rings. The fourth-order valence-corrected chi connectivity index (χ4v) is 1.32. The highest BCUT2D eigenvalue weighted by atomic mass is 14.1. The van der Waals surface area contributed by atoms with E-state index in [0.29, 0.717) is 5.92 Å². The number of benzene rings is 1. The lowest BCUT2D eigenvalue weighted by atomic mass is 9.97. The van der Waals surface area contributed by atoms with Gasteiger partial charge in [-0.2, -0.15) is 0 Å². The minimum Gasteiger partial charge on any atom is -0.0648 e. The topological polar surface area (TPSA) is 0 Å². The summed E-state index contributed by atoms with van der Waals surface area (Å²) in [5, 5.41) is 0. The molecule has 1 rings (SSSR count). The zero-order valence-electron chi connectivity index (χ0n) is 8.30. The highest BCUT2D eigenvalue weighted by molar-refractivity contribution is 5.24. The molecule has 0 unspecified atom stereocenters. The highest BCUT2D eigenvalue weighted by Gasteiger charge is 2.00. The number of rotatable bonds is 3. The summed E-state index contributed by atoms with van der Waals surface area (Å²) >= 11 is 0. The predicted octanol–water partition coefficient (Wildman–Crippen LogP) is 3.76. The van der Waals surface area contributed by atoms with Crippen LogP contribution in [0.3, 0.4) is 0 Å². The molecule has 0 radical (unpaired) electrons. The van der Waals surface area contributed by atoms with Crippen molar-refractivity contribution in [3.05, 3.63) is 35.4 Å². The summed E-state index contributed by atoms with van der Waals surface area (Å²) < 4.78 is 0. The Morgan fingerprint density at radius 2 is 1.67 bits per heavy atom. The van der Waals surface area contributed by atoms with Crippen LogP contribution in [0, 0.1) is 0 Å². The summed E-state index contributed by atoms with van der Waals surface area (Å²) in [7, 11) is 0. The van der Waals surface area contributed by atoms with Gasteiger partial charge in [-0.15, -0.1) is 0 Å². The van der Waals surface area contributed by atoms with Crippen molar-refractivity contribution in [1.29, 1.82) is 0 Å². The molecule has 66 valence electrons. The molecule has 0 aliphatic rings. The molecule has 0 heterocycles. The third-order valence-corrected chi connectivity index (χ3v) is 2.57. The van der Waals surface area contributed by atoms with Crippen molar-refractivity contribution in [3.63, 3.8) is 0 Å². The SMILES string of the molecule is CCc1ccc([C@@H](C)CC)cc1. The van der Waals surface area contributed by atoms with Crippen LogP contribution in [0.25, 0.3) is 0 Å². The van der Waals surface area contributed by atoms with E-state index in [1.807, 2.05) is 0 Å². The minimum atomic E-state index is 0.705. The zero-order valence-corrected chi connectivity index (χ0v) is 8.30. The molecule has 0 spiro atoms. The quantitative estimate of drug-likeness (QED) is 0.634. The van der Waals surface area contributed by atoms with Gasteiger partial charge in [0.25, 0.3) is 0 Å². The lowest BCUT2D eigenvalue weighted by Crippen LogP contribution is -1.91. The van der Waals surface area contributed by atoms with Crippen LogP contribution in [0.1, 0.15) is 44.2 Å². The Balaban J connectivity index is 2.77. The van der Waals surface area contributed by atoms with E-state index < -0.39 is 0 Å². The molecule has 1 aromatic carbocycles. The molecular weight excluding hydrogens is 144 g/mol. The Kier molecular flexibility index (Phi) is 3.33. The van der Waals surface area contributed by atoms with Crippen molar-refractivity contribution >= 4 is 0 Å². The van der Waals surface area contributed by atoms with Gasteiger partial charge in [0.1, 0.15) is 0 Å². The van der Waals surface area contributed by atoms with E-state index in [4.69, 9.17) is 0 Å². The van der Waals surface area contributed by atoms with E-state index in [2.05, 4.69) is 45.0 Å². The summed E-state index contributed by atoms with van der Waals surface area (Å²) in [5.41, 5.74) is 2.90. The molecule has 0 nitrogen and oxygen atoms in total. The van der Waals surface area contributed by atoms with Crippen LogP contribution in [0.2, 0.25) is 0 Å². The van der Waals surface area contributed by atoms with Crippen LogP contribution in [0.4, 0.5) is 0 Å². The highest BCUT2D eigenvalue weighted by Crippen LogP contribution is 2.18. The smallest absolute Gasteiger partial charge is 0.0193 e. The minimum absolute atomic E-state index is 0.705. The van der Waals surface area contributed by atoms with Gasteiger partial charge >= 0.3 is 0 Å². The first-order valence-corrected chi connectivity index (χ1v) is 4.86. The zero-order chi connectivity index (χ0) is 8.97. The summed E-state index contributed by atoms with van der Waals surface area (Å²) in [6.45, 7) is 6.71. The van der Waals surface area contributed by atoms with Crippen molar-refractivity contribution in [2.24, 2.45) is 0 Å². The first-order valence-electron chi connectivity index (χ1n) is 4.86. The first kappa shape index (κ1) is 9.31. The van der Waals surface area contributed by atoms with Crippen LogP contribution in [0.15, 0.2) is 24.3 Å². The second kappa shape index (κ2) is 4.30. The van der Waals surface area contributed by atoms with E-state index in [1.165, 1.54) is 17.5 Å². The van der Waals surface area contributed by atoms with Crippen molar-refractivity contribution in [2.45, 2.75) is 39.5 Å². The van der Waals surface area contributed by atoms with Crippen LogP contribution in [0.5, 0.6) is 0 Å². The van der Waals surface area contributed by atoms with Crippen molar-refractivity contribution < 1.29 is 0 Å². The number of aryl methyl sites for hydroxylation is 1. The van der Waals surface area contributed by atoms with Crippen molar-refractivity contribution in [2.75, 3.05) is 0 Å². The first-order chi connectivity index (χ1) is 5.77. The van der Waals surface area contributed by atoms with Crippen LogP contribution < -0.4 is 0 Å². The largest absolute Gasteiger partial charge is 0.0648 e. The summed E-state index contributed by atoms with van der Waals surface area (Å²) in [5.74, 6) is 0.705. The third kappa shape index (κ3) is 2.10. The molecule has 1 atom stereocenters. The Bertz CT molecular complexity index is 220. The molecule has 0 amide bonds. The maximum Gasteiger partial charge on any atom is -0.0193 e. The summed E-state index contributed by atoms with van der Waals surface area (Å²) in [6.07, 6.45) is 2.37. The van der Waals surface area contributed by atoms with Crippen LogP contribution in [-0.4, -0.2) is 0 Å². The molecule has 0 aromatic heterocycles. The maximum absolute atomic E-state index is 2.28. The molecule has 1 aromatic rings. The van der Waals surface area contributed by atoms with E-state index in [1.54, 1.807) is 0 Å². The van der Waals surface area contributed by atoms with E-state index in [0.717, 1.165) is 6.42 Å². The fourth-order valence-electron chi connectivity index (χ4n) is 1.32.